The number of benzene rings is 2. The van der Waals surface area contributed by atoms with Crippen LogP contribution in [0.4, 0.5) is 11.4 Å². The van der Waals surface area contributed by atoms with Crippen LogP contribution in [0, 0.1) is 20.8 Å². The van der Waals surface area contributed by atoms with Crippen molar-refractivity contribution in [3.63, 3.8) is 0 Å². The molecule has 0 atom stereocenters. The Labute approximate surface area is 163 Å². The molecule has 8 heteroatoms. The molecule has 3 aromatic rings. The number of imidazole rings is 1. The van der Waals surface area contributed by atoms with Crippen LogP contribution in [0.2, 0.25) is 0 Å². The summed E-state index contributed by atoms with van der Waals surface area (Å²) in [7, 11) is -3.91. The summed E-state index contributed by atoms with van der Waals surface area (Å²) in [4.78, 5) is 16.5. The maximum atomic E-state index is 13.4. The molecule has 1 aliphatic rings. The van der Waals surface area contributed by atoms with Crippen molar-refractivity contribution < 1.29 is 13.2 Å². The third kappa shape index (κ3) is 2.95. The van der Waals surface area contributed by atoms with E-state index in [4.69, 9.17) is 0 Å². The van der Waals surface area contributed by atoms with Gasteiger partial charge in [0.2, 0.25) is 5.91 Å². The van der Waals surface area contributed by atoms with Gasteiger partial charge in [-0.25, -0.2) is 13.4 Å². The molecule has 0 fully saturated rings. The zero-order valence-electron chi connectivity index (χ0n) is 15.8. The molecule has 4 rings (SSSR count). The van der Waals surface area contributed by atoms with Gasteiger partial charge in [0.15, 0.2) is 0 Å². The van der Waals surface area contributed by atoms with Gasteiger partial charge in [0.05, 0.1) is 28.3 Å². The van der Waals surface area contributed by atoms with E-state index in [1.807, 2.05) is 30.7 Å². The number of para-hydroxylation sites is 1. The second kappa shape index (κ2) is 6.49. The lowest BCUT2D eigenvalue weighted by molar-refractivity contribution is -0.115. The van der Waals surface area contributed by atoms with E-state index in [-0.39, 0.29) is 17.3 Å². The molecule has 2 heterocycles. The van der Waals surface area contributed by atoms with E-state index >= 15 is 0 Å². The normalized spacial score (nSPS) is 14.0. The van der Waals surface area contributed by atoms with Crippen LogP contribution in [-0.4, -0.2) is 30.4 Å². The highest BCUT2D eigenvalue weighted by Gasteiger charge is 2.34. The molecule has 0 saturated heterocycles. The maximum absolute atomic E-state index is 13.4. The first-order valence-corrected chi connectivity index (χ1v) is 10.3. The van der Waals surface area contributed by atoms with Crippen LogP contribution in [0.1, 0.15) is 16.8 Å². The minimum Gasteiger partial charge on any atom is -0.323 e. The van der Waals surface area contributed by atoms with Gasteiger partial charge in [0.1, 0.15) is 6.54 Å². The summed E-state index contributed by atoms with van der Waals surface area (Å²) in [5.41, 5.74) is 4.10. The Hall–Kier alpha value is -3.13. The summed E-state index contributed by atoms with van der Waals surface area (Å²) in [5, 5.41) is 2.75. The quantitative estimate of drug-likeness (QED) is 0.738. The van der Waals surface area contributed by atoms with E-state index in [2.05, 4.69) is 10.3 Å². The monoisotopic (exact) mass is 396 g/mol. The number of amides is 1. The summed E-state index contributed by atoms with van der Waals surface area (Å²) in [6.45, 7) is 5.23. The largest absolute Gasteiger partial charge is 0.323 e. The Bertz CT molecular complexity index is 1200. The van der Waals surface area contributed by atoms with E-state index in [1.165, 1.54) is 4.31 Å². The number of sulfonamides is 1. The first-order valence-electron chi connectivity index (χ1n) is 8.81. The molecular formula is C20H20N4O3S. The second-order valence-electron chi connectivity index (χ2n) is 6.90. The van der Waals surface area contributed by atoms with Crippen molar-refractivity contribution in [3.05, 3.63) is 65.7 Å². The zero-order chi connectivity index (χ0) is 20.1. The highest BCUT2D eigenvalue weighted by Crippen LogP contribution is 2.37. The van der Waals surface area contributed by atoms with Gasteiger partial charge >= 0.3 is 0 Å². The van der Waals surface area contributed by atoms with Gasteiger partial charge in [-0.05, 0) is 56.2 Å². The maximum Gasteiger partial charge on any atom is 0.265 e. The van der Waals surface area contributed by atoms with Crippen molar-refractivity contribution in [2.24, 2.45) is 0 Å². The Balaban J connectivity index is 1.81. The van der Waals surface area contributed by atoms with E-state index in [0.29, 0.717) is 16.9 Å². The zero-order valence-corrected chi connectivity index (χ0v) is 16.6. The second-order valence-corrected chi connectivity index (χ2v) is 8.73. The predicted octanol–water partition coefficient (Wildman–Crippen LogP) is 2.94. The molecule has 0 saturated carbocycles. The van der Waals surface area contributed by atoms with Crippen LogP contribution in [-0.2, 0) is 14.8 Å². The number of aromatic nitrogens is 2. The van der Waals surface area contributed by atoms with E-state index in [0.717, 1.165) is 16.9 Å². The van der Waals surface area contributed by atoms with Crippen molar-refractivity contribution in [1.82, 2.24) is 9.55 Å². The van der Waals surface area contributed by atoms with Crippen molar-refractivity contribution >= 4 is 27.3 Å². The van der Waals surface area contributed by atoms with E-state index in [9.17, 15) is 13.2 Å². The fraction of sp³-hybridized carbons (Fsp3) is 0.200. The van der Waals surface area contributed by atoms with E-state index in [1.54, 1.807) is 43.6 Å². The summed E-state index contributed by atoms with van der Waals surface area (Å²) in [5.74, 6) is -0.357. The standard InChI is InChI=1S/C20H20N4O3S/c1-13-5-4-6-17-20(13)24(11-19(25)22-17)28(26,27)18-8-7-16(9-14(18)2)23-10-15(3)21-12-23/h4-10,12H,11H2,1-3H3,(H,22,25). The fourth-order valence-electron chi connectivity index (χ4n) is 3.46. The van der Waals surface area contributed by atoms with Crippen molar-refractivity contribution in [3.8, 4) is 5.69 Å². The summed E-state index contributed by atoms with van der Waals surface area (Å²) in [6, 6.07) is 10.5. The van der Waals surface area contributed by atoms with Crippen LogP contribution in [0.25, 0.3) is 5.69 Å². The molecule has 1 aromatic heterocycles. The van der Waals surface area contributed by atoms with Gasteiger partial charge in [-0.15, -0.1) is 0 Å². The number of rotatable bonds is 3. The average Bonchev–Trinajstić information content (AvgIpc) is 3.07. The first kappa shape index (κ1) is 18.2. The molecule has 144 valence electrons. The van der Waals surface area contributed by atoms with Crippen molar-refractivity contribution in [2.45, 2.75) is 25.7 Å². The molecule has 0 bridgehead atoms. The predicted molar refractivity (Wildman–Crippen MR) is 107 cm³/mol. The van der Waals surface area contributed by atoms with Gasteiger partial charge < -0.3 is 9.88 Å². The van der Waals surface area contributed by atoms with Crippen molar-refractivity contribution in [1.29, 1.82) is 0 Å². The van der Waals surface area contributed by atoms with Gasteiger partial charge in [0, 0.05) is 11.9 Å². The lowest BCUT2D eigenvalue weighted by Crippen LogP contribution is -2.42. The molecule has 1 amide bonds. The number of nitrogens with one attached hydrogen (secondary N) is 1. The number of hydrogen-bond donors (Lipinski definition) is 1. The number of nitrogens with zero attached hydrogens (tertiary/aromatic N) is 3. The Morgan fingerprint density at radius 1 is 1.07 bits per heavy atom. The Morgan fingerprint density at radius 3 is 2.54 bits per heavy atom. The molecule has 28 heavy (non-hydrogen) atoms. The van der Waals surface area contributed by atoms with Crippen LogP contribution in [0.5, 0.6) is 0 Å². The molecule has 0 radical (unpaired) electrons. The van der Waals surface area contributed by atoms with Gasteiger partial charge in [-0.1, -0.05) is 12.1 Å². The number of anilines is 2. The number of carbonyl (C=O) groups is 1. The molecule has 2 aromatic carbocycles. The van der Waals surface area contributed by atoms with Crippen LogP contribution in [0.15, 0.2) is 53.8 Å². The van der Waals surface area contributed by atoms with Crippen molar-refractivity contribution in [2.75, 3.05) is 16.2 Å². The topological polar surface area (TPSA) is 84.3 Å². The minimum absolute atomic E-state index is 0.178. The Kier molecular flexibility index (Phi) is 4.23. The number of hydrogen-bond acceptors (Lipinski definition) is 4. The smallest absolute Gasteiger partial charge is 0.265 e. The van der Waals surface area contributed by atoms with Crippen LogP contribution < -0.4 is 9.62 Å². The summed E-state index contributed by atoms with van der Waals surface area (Å²) < 4.78 is 29.9. The average molecular weight is 396 g/mol. The molecule has 0 spiro atoms. The molecule has 1 N–H and O–H groups in total. The number of fused-ring (bicyclic) bond motifs is 1. The highest BCUT2D eigenvalue weighted by molar-refractivity contribution is 7.93. The highest BCUT2D eigenvalue weighted by atomic mass is 32.2. The molecule has 1 aliphatic heterocycles. The molecule has 7 nitrogen and oxygen atoms in total. The third-order valence-corrected chi connectivity index (χ3v) is 6.69. The summed E-state index contributed by atoms with van der Waals surface area (Å²) in [6.07, 6.45) is 3.56. The number of carbonyl (C=O) groups excluding carboxylic acids is 1. The number of aryl methyl sites for hydroxylation is 3. The van der Waals surface area contributed by atoms with Crippen LogP contribution >= 0.6 is 0 Å². The fourth-order valence-corrected chi connectivity index (χ4v) is 5.17. The van der Waals surface area contributed by atoms with Crippen LogP contribution in [0.3, 0.4) is 0 Å². The molecule has 0 unspecified atom stereocenters. The summed E-state index contributed by atoms with van der Waals surface area (Å²) >= 11 is 0. The van der Waals surface area contributed by atoms with Gasteiger partial charge in [-0.2, -0.15) is 0 Å². The first-order chi connectivity index (χ1) is 13.3. The van der Waals surface area contributed by atoms with Gasteiger partial charge in [-0.3, -0.25) is 9.10 Å². The lowest BCUT2D eigenvalue weighted by Gasteiger charge is -2.32. The molecule has 0 aliphatic carbocycles. The minimum atomic E-state index is -3.91. The molecular weight excluding hydrogens is 376 g/mol. The lowest BCUT2D eigenvalue weighted by atomic mass is 10.1. The third-order valence-electron chi connectivity index (χ3n) is 4.78. The SMILES string of the molecule is Cc1cn(-c2ccc(S(=O)(=O)N3CC(=O)Nc4cccc(C)c43)c(C)c2)cn1. The van der Waals surface area contributed by atoms with Gasteiger partial charge in [0.25, 0.3) is 10.0 Å². The Morgan fingerprint density at radius 2 is 1.86 bits per heavy atom. The van der Waals surface area contributed by atoms with E-state index < -0.39 is 10.0 Å².